The maximum absolute atomic E-state index is 13.6. The number of aromatic amines is 1. The van der Waals surface area contributed by atoms with Crippen molar-refractivity contribution >= 4 is 34.9 Å². The molecule has 1 aromatic heterocycles. The van der Waals surface area contributed by atoms with Crippen molar-refractivity contribution in [3.05, 3.63) is 133 Å². The van der Waals surface area contributed by atoms with Gasteiger partial charge in [0.05, 0.1) is 34.3 Å². The molecule has 2 heterocycles. The summed E-state index contributed by atoms with van der Waals surface area (Å²) < 4.78 is 5.46. The van der Waals surface area contributed by atoms with E-state index in [1.807, 2.05) is 60.7 Å². The first kappa shape index (κ1) is 25.9. The molecule has 39 heavy (non-hydrogen) atoms. The van der Waals surface area contributed by atoms with E-state index in [0.29, 0.717) is 33.6 Å². The number of hydrogen-bond acceptors (Lipinski definition) is 8. The molecule has 3 aromatic carbocycles. The summed E-state index contributed by atoms with van der Waals surface area (Å²) in [5, 5.41) is 14.6. The molecule has 0 bridgehead atoms. The van der Waals surface area contributed by atoms with Gasteiger partial charge in [-0.2, -0.15) is 0 Å². The number of H-pyrrole nitrogens is 1. The fourth-order valence-corrected chi connectivity index (χ4v) is 5.29. The quantitative estimate of drug-likeness (QED) is 0.0986. The van der Waals surface area contributed by atoms with Crippen molar-refractivity contribution in [2.24, 2.45) is 0 Å². The number of nitro groups is 1. The number of esters is 1. The summed E-state index contributed by atoms with van der Waals surface area (Å²) in [7, 11) is 0. The number of anilines is 1. The second-order valence-corrected chi connectivity index (χ2v) is 9.65. The molecule has 5 rings (SSSR count). The lowest BCUT2D eigenvalue weighted by molar-refractivity contribution is -0.384. The zero-order valence-electron chi connectivity index (χ0n) is 20.9. The Hall–Kier alpha value is -4.70. The Kier molecular flexibility index (Phi) is 7.55. The fraction of sp³-hybridized carbons (Fsp3) is 0.138. The monoisotopic (exact) mass is 540 g/mol. The zero-order chi connectivity index (χ0) is 27.4. The number of nitrogens with zero attached hydrogens (tertiary/aromatic N) is 2. The summed E-state index contributed by atoms with van der Waals surface area (Å²) in [6.07, 6.45) is 0. The molecule has 1 aliphatic heterocycles. The summed E-state index contributed by atoms with van der Waals surface area (Å²) in [4.78, 5) is 45.0. The lowest BCUT2D eigenvalue weighted by Crippen LogP contribution is -2.31. The van der Waals surface area contributed by atoms with Gasteiger partial charge in [0.2, 0.25) is 0 Å². The van der Waals surface area contributed by atoms with Crippen LogP contribution in [-0.4, -0.2) is 27.5 Å². The fourth-order valence-electron chi connectivity index (χ4n) is 4.47. The van der Waals surface area contributed by atoms with E-state index in [4.69, 9.17) is 9.72 Å². The number of nitrogens with one attached hydrogen (secondary N) is 2. The van der Waals surface area contributed by atoms with Crippen molar-refractivity contribution in [3.8, 4) is 0 Å². The molecule has 1 aliphatic rings. The van der Waals surface area contributed by atoms with Gasteiger partial charge in [0.1, 0.15) is 5.82 Å². The van der Waals surface area contributed by atoms with Crippen LogP contribution in [0.4, 0.5) is 11.5 Å². The Bertz CT molecular complexity index is 1600. The topological polar surface area (TPSA) is 127 Å². The summed E-state index contributed by atoms with van der Waals surface area (Å²) in [6, 6.07) is 25.0. The van der Waals surface area contributed by atoms with E-state index in [0.717, 1.165) is 16.7 Å². The third kappa shape index (κ3) is 5.46. The van der Waals surface area contributed by atoms with Gasteiger partial charge in [0.25, 0.3) is 11.2 Å². The Balaban J connectivity index is 1.59. The van der Waals surface area contributed by atoms with Crippen molar-refractivity contribution < 1.29 is 14.5 Å². The maximum atomic E-state index is 13.6. The number of hydrogen-bond donors (Lipinski definition) is 2. The van der Waals surface area contributed by atoms with Gasteiger partial charge in [-0.1, -0.05) is 84.6 Å². The summed E-state index contributed by atoms with van der Waals surface area (Å²) >= 11 is 1.30. The Morgan fingerprint density at radius 2 is 1.69 bits per heavy atom. The minimum atomic E-state index is -0.707. The van der Waals surface area contributed by atoms with Crippen molar-refractivity contribution in [1.29, 1.82) is 0 Å². The third-order valence-electron chi connectivity index (χ3n) is 6.24. The molecule has 0 spiro atoms. The van der Waals surface area contributed by atoms with E-state index >= 15 is 0 Å². The number of thioether (sulfide) groups is 1. The van der Waals surface area contributed by atoms with Crippen LogP contribution in [0.15, 0.2) is 100 Å². The van der Waals surface area contributed by atoms with E-state index in [2.05, 4.69) is 10.3 Å². The number of carbonyl (C=O) groups excluding carboxylic acids is 1. The van der Waals surface area contributed by atoms with E-state index in [1.54, 1.807) is 19.1 Å². The van der Waals surface area contributed by atoms with Crippen molar-refractivity contribution in [1.82, 2.24) is 9.97 Å². The molecule has 1 unspecified atom stereocenters. The summed E-state index contributed by atoms with van der Waals surface area (Å²) in [5.41, 5.74) is 3.18. The first-order chi connectivity index (χ1) is 19.0. The predicted molar refractivity (Wildman–Crippen MR) is 149 cm³/mol. The highest BCUT2D eigenvalue weighted by Gasteiger charge is 2.38. The van der Waals surface area contributed by atoms with Gasteiger partial charge in [-0.25, -0.2) is 9.78 Å². The lowest BCUT2D eigenvalue weighted by atomic mass is 9.81. The number of ether oxygens (including phenoxy) is 1. The summed E-state index contributed by atoms with van der Waals surface area (Å²) in [5.74, 6) is -0.427. The highest BCUT2D eigenvalue weighted by atomic mass is 32.2. The largest absolute Gasteiger partial charge is 0.463 e. The van der Waals surface area contributed by atoms with Crippen LogP contribution in [-0.2, 0) is 15.3 Å². The molecule has 0 radical (unpaired) electrons. The maximum Gasteiger partial charge on any atom is 0.337 e. The second kappa shape index (κ2) is 11.4. The van der Waals surface area contributed by atoms with Gasteiger partial charge in [-0.15, -0.1) is 0 Å². The number of aromatic nitrogens is 2. The molecule has 2 N–H and O–H groups in total. The smallest absolute Gasteiger partial charge is 0.337 e. The second-order valence-electron chi connectivity index (χ2n) is 8.69. The minimum Gasteiger partial charge on any atom is -0.463 e. The summed E-state index contributed by atoms with van der Waals surface area (Å²) in [6.45, 7) is 1.93. The van der Waals surface area contributed by atoms with Crippen LogP contribution in [0.3, 0.4) is 0 Å². The number of fused-ring (bicyclic) bond motifs is 1. The van der Waals surface area contributed by atoms with Crippen LogP contribution < -0.4 is 10.9 Å². The molecular weight excluding hydrogens is 516 g/mol. The zero-order valence-corrected chi connectivity index (χ0v) is 21.7. The highest BCUT2D eigenvalue weighted by Crippen LogP contribution is 2.43. The molecule has 9 nitrogen and oxygen atoms in total. The molecule has 1 atom stereocenters. The number of benzene rings is 3. The van der Waals surface area contributed by atoms with Crippen molar-refractivity contribution in [3.63, 3.8) is 0 Å². The average molecular weight is 541 g/mol. The molecule has 10 heteroatoms. The normalized spacial score (nSPS) is 14.3. The van der Waals surface area contributed by atoms with Gasteiger partial charge in [-0.05, 0) is 23.6 Å². The van der Waals surface area contributed by atoms with E-state index in [-0.39, 0.29) is 17.9 Å². The minimum absolute atomic E-state index is 0.0119. The van der Waals surface area contributed by atoms with Crippen LogP contribution >= 0.6 is 11.8 Å². The molecule has 0 amide bonds. The van der Waals surface area contributed by atoms with Gasteiger partial charge in [0, 0.05) is 17.9 Å². The molecule has 196 valence electrons. The van der Waals surface area contributed by atoms with Crippen LogP contribution in [0.2, 0.25) is 0 Å². The predicted octanol–water partition coefficient (Wildman–Crippen LogP) is 5.50. The lowest BCUT2D eigenvalue weighted by Gasteiger charge is -2.30. The molecule has 4 aromatic rings. The number of nitro benzene ring substituents is 1. The van der Waals surface area contributed by atoms with Gasteiger partial charge >= 0.3 is 5.97 Å². The van der Waals surface area contributed by atoms with Crippen molar-refractivity contribution in [2.45, 2.75) is 23.8 Å². The molecule has 0 aliphatic carbocycles. The number of rotatable bonds is 8. The standard InChI is InChI=1S/C29H24N4O5S/c1-2-38-28(35)23-22(19-9-5-3-6-10-19)24-26(30-25(23)20-11-7-4-8-12-20)31-29(32-27(24)34)39-17-18-13-15-21(16-14-18)33(36)37/h3-16,22H,2,17H2,1H3,(H2,30,31,32,34). The molecule has 0 saturated carbocycles. The van der Waals surface area contributed by atoms with Crippen LogP contribution in [0.25, 0.3) is 5.70 Å². The van der Waals surface area contributed by atoms with Crippen LogP contribution in [0.1, 0.15) is 35.1 Å². The number of carbonyl (C=O) groups is 1. The van der Waals surface area contributed by atoms with E-state index in [1.165, 1.54) is 23.9 Å². The molecule has 0 fully saturated rings. The Morgan fingerprint density at radius 1 is 1.03 bits per heavy atom. The van der Waals surface area contributed by atoms with Gasteiger partial charge in [0.15, 0.2) is 5.16 Å². The first-order valence-electron chi connectivity index (χ1n) is 12.2. The van der Waals surface area contributed by atoms with E-state index in [9.17, 15) is 19.7 Å². The highest BCUT2D eigenvalue weighted by molar-refractivity contribution is 7.98. The van der Waals surface area contributed by atoms with Gasteiger partial charge in [-0.3, -0.25) is 14.9 Å². The molecular formula is C29H24N4O5S. The average Bonchev–Trinajstić information content (AvgIpc) is 2.96. The SMILES string of the molecule is CCOC(=O)C1=C(c2ccccc2)Nc2nc(SCc3ccc([N+](=O)[O-])cc3)[nH]c(=O)c2C1c1ccccc1. The third-order valence-corrected chi connectivity index (χ3v) is 7.18. The van der Waals surface area contributed by atoms with Gasteiger partial charge < -0.3 is 15.0 Å². The van der Waals surface area contributed by atoms with Crippen LogP contribution in [0, 0.1) is 10.1 Å². The Morgan fingerprint density at radius 3 is 2.33 bits per heavy atom. The number of non-ortho nitro benzene ring substituents is 1. The van der Waals surface area contributed by atoms with Crippen molar-refractivity contribution in [2.75, 3.05) is 11.9 Å². The Labute approximate surface area is 228 Å². The molecule has 0 saturated heterocycles. The van der Waals surface area contributed by atoms with Crippen LogP contribution in [0.5, 0.6) is 0 Å². The van der Waals surface area contributed by atoms with E-state index < -0.39 is 16.8 Å². The first-order valence-corrected chi connectivity index (χ1v) is 13.2.